The van der Waals surface area contributed by atoms with Gasteiger partial charge in [0.15, 0.2) is 5.11 Å². The number of esters is 1. The van der Waals surface area contributed by atoms with Gasteiger partial charge in [-0.25, -0.2) is 4.79 Å². The van der Waals surface area contributed by atoms with Gasteiger partial charge in [-0.2, -0.15) is 0 Å². The maximum absolute atomic E-state index is 12.5. The van der Waals surface area contributed by atoms with Gasteiger partial charge >= 0.3 is 5.97 Å². The van der Waals surface area contributed by atoms with Crippen LogP contribution in [0.3, 0.4) is 0 Å². The Labute approximate surface area is 152 Å². The van der Waals surface area contributed by atoms with E-state index in [4.69, 9.17) is 33.3 Å². The standard InChI is InChI=1S/C17H21ClN2O3S/c1-4-23-16(21)14-11(2)20(9-10-22-3)17(24)19-15(14)12-5-7-13(18)8-6-12/h5-8,15H,4,9-10H2,1-3H3,(H,19,24). The molecule has 0 fully saturated rings. The second-order valence-electron chi connectivity index (χ2n) is 5.30. The SMILES string of the molecule is CCOC(=O)C1=C(C)N(CCOC)C(=S)NC1c1ccc(Cl)cc1. The predicted octanol–water partition coefficient (Wildman–Crippen LogP) is 3.05. The average Bonchev–Trinajstić information content (AvgIpc) is 2.55. The van der Waals surface area contributed by atoms with Crippen LogP contribution in [-0.2, 0) is 14.3 Å². The van der Waals surface area contributed by atoms with Crippen molar-refractivity contribution < 1.29 is 14.3 Å². The van der Waals surface area contributed by atoms with E-state index in [1.54, 1.807) is 26.2 Å². The lowest BCUT2D eigenvalue weighted by molar-refractivity contribution is -0.139. The van der Waals surface area contributed by atoms with Crippen LogP contribution in [0.5, 0.6) is 0 Å². The lowest BCUT2D eigenvalue weighted by atomic mass is 9.95. The highest BCUT2D eigenvalue weighted by Gasteiger charge is 2.34. The zero-order valence-corrected chi connectivity index (χ0v) is 15.5. The van der Waals surface area contributed by atoms with Gasteiger partial charge < -0.3 is 19.7 Å². The molecule has 0 aromatic heterocycles. The lowest BCUT2D eigenvalue weighted by Gasteiger charge is -2.37. The number of benzene rings is 1. The van der Waals surface area contributed by atoms with Gasteiger partial charge in [0.2, 0.25) is 0 Å². The molecule has 0 radical (unpaired) electrons. The van der Waals surface area contributed by atoms with Crippen molar-refractivity contribution in [3.05, 3.63) is 46.1 Å². The van der Waals surface area contributed by atoms with Gasteiger partial charge in [-0.15, -0.1) is 0 Å². The maximum Gasteiger partial charge on any atom is 0.338 e. The molecule has 1 N–H and O–H groups in total. The van der Waals surface area contributed by atoms with Crippen LogP contribution in [0, 0.1) is 0 Å². The summed E-state index contributed by atoms with van der Waals surface area (Å²) >= 11 is 11.4. The van der Waals surface area contributed by atoms with Crippen molar-refractivity contribution >= 4 is 34.9 Å². The highest BCUT2D eigenvalue weighted by Crippen LogP contribution is 2.31. The molecule has 24 heavy (non-hydrogen) atoms. The van der Waals surface area contributed by atoms with Gasteiger partial charge in [0.1, 0.15) is 0 Å². The number of nitrogens with zero attached hydrogens (tertiary/aromatic N) is 1. The van der Waals surface area contributed by atoms with E-state index in [9.17, 15) is 4.79 Å². The number of rotatable bonds is 6. The van der Waals surface area contributed by atoms with Gasteiger partial charge in [-0.1, -0.05) is 23.7 Å². The molecule has 5 nitrogen and oxygen atoms in total. The van der Waals surface area contributed by atoms with Crippen LogP contribution in [0.2, 0.25) is 5.02 Å². The normalized spacial score (nSPS) is 17.8. The van der Waals surface area contributed by atoms with Gasteiger partial charge in [-0.3, -0.25) is 0 Å². The molecule has 0 spiro atoms. The fourth-order valence-electron chi connectivity index (χ4n) is 2.61. The molecule has 0 amide bonds. The number of nitrogens with one attached hydrogen (secondary N) is 1. The number of allylic oxidation sites excluding steroid dienone is 1. The molecule has 0 saturated carbocycles. The lowest BCUT2D eigenvalue weighted by Crippen LogP contribution is -2.48. The quantitative estimate of drug-likeness (QED) is 0.615. The highest BCUT2D eigenvalue weighted by molar-refractivity contribution is 7.80. The summed E-state index contributed by atoms with van der Waals surface area (Å²) in [6, 6.07) is 6.96. The Morgan fingerprint density at radius 1 is 1.38 bits per heavy atom. The van der Waals surface area contributed by atoms with E-state index in [2.05, 4.69) is 5.32 Å². The van der Waals surface area contributed by atoms with Gasteiger partial charge in [0.05, 0.1) is 24.8 Å². The molecule has 0 saturated heterocycles. The van der Waals surface area contributed by atoms with E-state index in [0.29, 0.717) is 35.5 Å². The van der Waals surface area contributed by atoms with E-state index in [1.807, 2.05) is 24.0 Å². The second-order valence-corrected chi connectivity index (χ2v) is 6.12. The first-order valence-electron chi connectivity index (χ1n) is 7.69. The molecule has 7 heteroatoms. The Morgan fingerprint density at radius 2 is 2.04 bits per heavy atom. The summed E-state index contributed by atoms with van der Waals surface area (Å²) in [6.45, 7) is 5.03. The Bertz CT molecular complexity index is 646. The first-order chi connectivity index (χ1) is 11.5. The maximum atomic E-state index is 12.5. The van der Waals surface area contributed by atoms with Crippen molar-refractivity contribution in [2.45, 2.75) is 19.9 Å². The van der Waals surface area contributed by atoms with E-state index in [1.165, 1.54) is 0 Å². The fraction of sp³-hybridized carbons (Fsp3) is 0.412. The molecule has 1 unspecified atom stereocenters. The van der Waals surface area contributed by atoms with Crippen molar-refractivity contribution in [3.63, 3.8) is 0 Å². The summed E-state index contributed by atoms with van der Waals surface area (Å²) in [5.41, 5.74) is 2.22. The Hall–Kier alpha value is -1.63. The molecule has 1 aromatic rings. The monoisotopic (exact) mass is 368 g/mol. The third kappa shape index (κ3) is 4.06. The smallest absolute Gasteiger partial charge is 0.338 e. The number of methoxy groups -OCH3 is 1. The van der Waals surface area contributed by atoms with Crippen molar-refractivity contribution in [2.75, 3.05) is 26.9 Å². The van der Waals surface area contributed by atoms with Crippen LogP contribution in [0.1, 0.15) is 25.5 Å². The van der Waals surface area contributed by atoms with Crippen molar-refractivity contribution in [2.24, 2.45) is 0 Å². The van der Waals surface area contributed by atoms with Crippen LogP contribution >= 0.6 is 23.8 Å². The van der Waals surface area contributed by atoms with Crippen LogP contribution in [0.15, 0.2) is 35.5 Å². The Balaban J connectivity index is 2.45. The second kappa shape index (κ2) is 8.46. The van der Waals surface area contributed by atoms with E-state index in [-0.39, 0.29) is 12.0 Å². The van der Waals surface area contributed by atoms with Crippen LogP contribution < -0.4 is 5.32 Å². The molecule has 1 atom stereocenters. The third-order valence-electron chi connectivity index (χ3n) is 3.81. The summed E-state index contributed by atoms with van der Waals surface area (Å²) < 4.78 is 10.4. The molecule has 0 aliphatic carbocycles. The summed E-state index contributed by atoms with van der Waals surface area (Å²) in [6.07, 6.45) is 0. The highest BCUT2D eigenvalue weighted by atomic mass is 35.5. The molecule has 1 aliphatic heterocycles. The average molecular weight is 369 g/mol. The first-order valence-corrected chi connectivity index (χ1v) is 8.48. The fourth-order valence-corrected chi connectivity index (χ4v) is 3.08. The third-order valence-corrected chi connectivity index (χ3v) is 4.40. The predicted molar refractivity (Wildman–Crippen MR) is 97.8 cm³/mol. The van der Waals surface area contributed by atoms with E-state index in [0.717, 1.165) is 11.3 Å². The topological polar surface area (TPSA) is 50.8 Å². The minimum atomic E-state index is -0.368. The van der Waals surface area contributed by atoms with Crippen molar-refractivity contribution in [3.8, 4) is 0 Å². The Kier molecular flexibility index (Phi) is 6.60. The zero-order valence-electron chi connectivity index (χ0n) is 14.0. The summed E-state index contributed by atoms with van der Waals surface area (Å²) in [5.74, 6) is -0.354. The number of hydrogen-bond donors (Lipinski definition) is 1. The van der Waals surface area contributed by atoms with Gasteiger partial charge in [-0.05, 0) is 43.8 Å². The number of halogens is 1. The number of carbonyl (C=O) groups is 1. The minimum Gasteiger partial charge on any atom is -0.463 e. The molecule has 1 heterocycles. The van der Waals surface area contributed by atoms with Crippen LogP contribution in [-0.4, -0.2) is 42.8 Å². The number of carbonyl (C=O) groups excluding carboxylic acids is 1. The van der Waals surface area contributed by atoms with Gasteiger partial charge in [0, 0.05) is 24.4 Å². The number of hydrogen-bond acceptors (Lipinski definition) is 4. The molecule has 1 aliphatic rings. The van der Waals surface area contributed by atoms with E-state index < -0.39 is 0 Å². The molecule has 130 valence electrons. The van der Waals surface area contributed by atoms with Crippen LogP contribution in [0.4, 0.5) is 0 Å². The number of thiocarbonyl (C=S) groups is 1. The van der Waals surface area contributed by atoms with Gasteiger partial charge in [0.25, 0.3) is 0 Å². The molecular weight excluding hydrogens is 348 g/mol. The zero-order chi connectivity index (χ0) is 17.7. The van der Waals surface area contributed by atoms with Crippen molar-refractivity contribution in [1.29, 1.82) is 0 Å². The van der Waals surface area contributed by atoms with Crippen LogP contribution in [0.25, 0.3) is 0 Å². The molecular formula is C17H21ClN2O3S. The summed E-state index contributed by atoms with van der Waals surface area (Å²) in [4.78, 5) is 14.4. The number of ether oxygens (including phenoxy) is 2. The first kappa shape index (κ1) is 18.7. The molecule has 2 rings (SSSR count). The minimum absolute atomic E-state index is 0.311. The molecule has 0 bridgehead atoms. The Morgan fingerprint density at radius 3 is 2.62 bits per heavy atom. The molecule has 1 aromatic carbocycles. The van der Waals surface area contributed by atoms with E-state index >= 15 is 0 Å². The largest absolute Gasteiger partial charge is 0.463 e. The van der Waals surface area contributed by atoms with Crippen molar-refractivity contribution in [1.82, 2.24) is 10.2 Å². The summed E-state index contributed by atoms with van der Waals surface area (Å²) in [7, 11) is 1.63. The summed E-state index contributed by atoms with van der Waals surface area (Å²) in [5, 5.41) is 4.42.